The molecule has 1 heterocycles. The highest BCUT2D eigenvalue weighted by atomic mass is 79.9. The number of imide groups is 1. The van der Waals surface area contributed by atoms with Crippen molar-refractivity contribution in [3.05, 3.63) is 51.5 Å². The van der Waals surface area contributed by atoms with Gasteiger partial charge in [0.25, 0.3) is 11.8 Å². The van der Waals surface area contributed by atoms with Gasteiger partial charge in [-0.1, -0.05) is 15.9 Å². The van der Waals surface area contributed by atoms with Gasteiger partial charge < -0.3 is 18.9 Å². The van der Waals surface area contributed by atoms with Crippen molar-refractivity contribution in [2.75, 3.05) is 34.5 Å². The van der Waals surface area contributed by atoms with Gasteiger partial charge in [0.1, 0.15) is 0 Å². The molecule has 0 saturated heterocycles. The van der Waals surface area contributed by atoms with E-state index < -0.39 is 5.97 Å². The molecule has 0 N–H and O–H groups in total. The Morgan fingerprint density at radius 3 is 2.17 bits per heavy atom. The molecule has 8 nitrogen and oxygen atoms in total. The second-order valence-corrected chi connectivity index (χ2v) is 7.27. The van der Waals surface area contributed by atoms with E-state index in [4.69, 9.17) is 18.9 Å². The SMILES string of the molecule is COc1cc(C(=O)OCCCN2C(=O)c3ccc(Br)cc3C2=O)cc(OC)c1OC. The van der Waals surface area contributed by atoms with E-state index in [0.717, 1.165) is 9.37 Å². The monoisotopic (exact) mass is 477 g/mol. The Morgan fingerprint density at radius 1 is 0.933 bits per heavy atom. The number of ether oxygens (including phenoxy) is 4. The first kappa shape index (κ1) is 21.6. The summed E-state index contributed by atoms with van der Waals surface area (Å²) in [6.07, 6.45) is 0.308. The van der Waals surface area contributed by atoms with E-state index >= 15 is 0 Å². The van der Waals surface area contributed by atoms with E-state index in [9.17, 15) is 14.4 Å². The first-order valence-electron chi connectivity index (χ1n) is 9.04. The lowest BCUT2D eigenvalue weighted by atomic mass is 10.1. The van der Waals surface area contributed by atoms with E-state index in [2.05, 4.69) is 15.9 Å². The first-order valence-corrected chi connectivity index (χ1v) is 9.83. The number of amides is 2. The van der Waals surface area contributed by atoms with Gasteiger partial charge in [-0.05, 0) is 36.8 Å². The van der Waals surface area contributed by atoms with Crippen LogP contribution in [0.3, 0.4) is 0 Å². The summed E-state index contributed by atoms with van der Waals surface area (Å²) in [6.45, 7) is 0.180. The number of esters is 1. The number of rotatable bonds is 8. The fourth-order valence-corrected chi connectivity index (χ4v) is 3.50. The maximum absolute atomic E-state index is 12.4. The molecule has 2 aromatic rings. The standard InChI is InChI=1S/C21H20BrNO7/c1-27-16-9-12(10-17(28-2)18(16)29-3)21(26)30-8-4-7-23-19(24)14-6-5-13(22)11-15(14)20(23)25/h5-6,9-11H,4,7-8H2,1-3H3. The largest absolute Gasteiger partial charge is 0.493 e. The highest BCUT2D eigenvalue weighted by Crippen LogP contribution is 2.38. The Kier molecular flexibility index (Phi) is 6.61. The molecule has 2 aromatic carbocycles. The third-order valence-electron chi connectivity index (χ3n) is 4.59. The summed E-state index contributed by atoms with van der Waals surface area (Å²) >= 11 is 3.30. The lowest BCUT2D eigenvalue weighted by Crippen LogP contribution is -2.31. The average molecular weight is 478 g/mol. The van der Waals surface area contributed by atoms with Crippen molar-refractivity contribution >= 4 is 33.7 Å². The highest BCUT2D eigenvalue weighted by Gasteiger charge is 2.35. The van der Waals surface area contributed by atoms with Crippen molar-refractivity contribution in [2.45, 2.75) is 6.42 Å². The molecular weight excluding hydrogens is 458 g/mol. The summed E-state index contributed by atoms with van der Waals surface area (Å²) in [4.78, 5) is 38.4. The number of carbonyl (C=O) groups excluding carboxylic acids is 3. The molecule has 158 valence electrons. The predicted octanol–water partition coefficient (Wildman–Crippen LogP) is 3.32. The number of carbonyl (C=O) groups is 3. The van der Waals surface area contributed by atoms with Crippen molar-refractivity contribution in [3.8, 4) is 17.2 Å². The van der Waals surface area contributed by atoms with Gasteiger partial charge in [-0.3, -0.25) is 14.5 Å². The lowest BCUT2D eigenvalue weighted by Gasteiger charge is -2.15. The van der Waals surface area contributed by atoms with Gasteiger partial charge in [0.2, 0.25) is 5.75 Å². The third-order valence-corrected chi connectivity index (χ3v) is 5.09. The zero-order valence-corrected chi connectivity index (χ0v) is 18.3. The number of fused-ring (bicyclic) bond motifs is 1. The number of methoxy groups -OCH3 is 3. The molecule has 0 aliphatic carbocycles. The van der Waals surface area contributed by atoms with Crippen LogP contribution in [-0.2, 0) is 4.74 Å². The number of halogens is 1. The van der Waals surface area contributed by atoms with Crippen LogP contribution in [0, 0.1) is 0 Å². The highest BCUT2D eigenvalue weighted by molar-refractivity contribution is 9.10. The Balaban J connectivity index is 1.59. The minimum absolute atomic E-state index is 0.0343. The van der Waals surface area contributed by atoms with Gasteiger partial charge in [-0.2, -0.15) is 0 Å². The molecule has 1 aliphatic rings. The predicted molar refractivity (Wildman–Crippen MR) is 111 cm³/mol. The normalized spacial score (nSPS) is 12.6. The number of hydrogen-bond acceptors (Lipinski definition) is 7. The quantitative estimate of drug-likeness (QED) is 0.327. The van der Waals surface area contributed by atoms with Crippen LogP contribution in [-0.4, -0.2) is 57.2 Å². The fraction of sp³-hybridized carbons (Fsp3) is 0.286. The van der Waals surface area contributed by atoms with Crippen LogP contribution < -0.4 is 14.2 Å². The number of nitrogens with zero attached hydrogens (tertiary/aromatic N) is 1. The Labute approximate surface area is 181 Å². The Bertz CT molecular complexity index is 980. The minimum Gasteiger partial charge on any atom is -0.493 e. The molecule has 0 bridgehead atoms. The van der Waals surface area contributed by atoms with Crippen LogP contribution >= 0.6 is 15.9 Å². The second kappa shape index (κ2) is 9.17. The van der Waals surface area contributed by atoms with E-state index in [0.29, 0.717) is 34.8 Å². The number of benzene rings is 2. The van der Waals surface area contributed by atoms with Gasteiger partial charge >= 0.3 is 5.97 Å². The second-order valence-electron chi connectivity index (χ2n) is 6.36. The molecule has 30 heavy (non-hydrogen) atoms. The van der Waals surface area contributed by atoms with E-state index in [1.165, 1.54) is 33.5 Å². The van der Waals surface area contributed by atoms with Crippen molar-refractivity contribution in [3.63, 3.8) is 0 Å². The molecule has 3 rings (SSSR count). The van der Waals surface area contributed by atoms with E-state index in [1.807, 2.05) is 0 Å². The molecule has 0 unspecified atom stereocenters. The zero-order chi connectivity index (χ0) is 21.8. The lowest BCUT2D eigenvalue weighted by molar-refractivity contribution is 0.0481. The van der Waals surface area contributed by atoms with Crippen LogP contribution in [0.5, 0.6) is 17.2 Å². The molecule has 0 aromatic heterocycles. The first-order chi connectivity index (χ1) is 14.4. The van der Waals surface area contributed by atoms with Crippen molar-refractivity contribution in [2.24, 2.45) is 0 Å². The summed E-state index contributed by atoms with van der Waals surface area (Å²) in [5, 5.41) is 0. The van der Waals surface area contributed by atoms with Crippen molar-refractivity contribution in [1.29, 1.82) is 0 Å². The molecule has 2 amide bonds. The Morgan fingerprint density at radius 2 is 1.57 bits per heavy atom. The van der Waals surface area contributed by atoms with Crippen molar-refractivity contribution in [1.82, 2.24) is 4.90 Å². The molecule has 0 radical (unpaired) electrons. The molecule has 1 aliphatic heterocycles. The van der Waals surface area contributed by atoms with Gasteiger partial charge in [-0.25, -0.2) is 4.79 Å². The molecular formula is C21H20BrNO7. The summed E-state index contributed by atoms with van der Waals surface area (Å²) < 4.78 is 21.7. The fourth-order valence-electron chi connectivity index (χ4n) is 3.14. The van der Waals surface area contributed by atoms with E-state index in [-0.39, 0.29) is 30.5 Å². The van der Waals surface area contributed by atoms with Crippen LogP contribution in [0.1, 0.15) is 37.5 Å². The van der Waals surface area contributed by atoms with Crippen LogP contribution in [0.4, 0.5) is 0 Å². The number of hydrogen-bond donors (Lipinski definition) is 0. The summed E-state index contributed by atoms with van der Waals surface area (Å²) in [5.41, 5.74) is 0.969. The maximum atomic E-state index is 12.4. The van der Waals surface area contributed by atoms with Gasteiger partial charge in [0.05, 0.1) is 44.6 Å². The molecule has 0 atom stereocenters. The maximum Gasteiger partial charge on any atom is 0.338 e. The van der Waals surface area contributed by atoms with Crippen molar-refractivity contribution < 1.29 is 33.3 Å². The zero-order valence-electron chi connectivity index (χ0n) is 16.7. The molecule has 0 spiro atoms. The summed E-state index contributed by atoms with van der Waals surface area (Å²) in [7, 11) is 4.37. The molecule has 0 saturated carbocycles. The third kappa shape index (κ3) is 4.11. The van der Waals surface area contributed by atoms with Crippen LogP contribution in [0.25, 0.3) is 0 Å². The Hall–Kier alpha value is -3.07. The summed E-state index contributed by atoms with van der Waals surface area (Å²) in [6, 6.07) is 7.94. The summed E-state index contributed by atoms with van der Waals surface area (Å²) in [5.74, 6) is -0.248. The van der Waals surface area contributed by atoms with Gasteiger partial charge in [0, 0.05) is 11.0 Å². The molecule has 9 heteroatoms. The minimum atomic E-state index is -0.583. The van der Waals surface area contributed by atoms with Gasteiger partial charge in [0.15, 0.2) is 11.5 Å². The van der Waals surface area contributed by atoms with E-state index in [1.54, 1.807) is 18.2 Å². The van der Waals surface area contributed by atoms with Crippen LogP contribution in [0.2, 0.25) is 0 Å². The average Bonchev–Trinajstić information content (AvgIpc) is 2.99. The molecule has 0 fully saturated rings. The van der Waals surface area contributed by atoms with Gasteiger partial charge in [-0.15, -0.1) is 0 Å². The van der Waals surface area contributed by atoms with Crippen LogP contribution in [0.15, 0.2) is 34.8 Å². The topological polar surface area (TPSA) is 91.4 Å². The smallest absolute Gasteiger partial charge is 0.338 e.